The summed E-state index contributed by atoms with van der Waals surface area (Å²) >= 11 is 0. The van der Waals surface area contributed by atoms with E-state index in [1.807, 2.05) is 0 Å². The van der Waals surface area contributed by atoms with E-state index in [-0.39, 0.29) is 30.5 Å². The zero-order valence-corrected chi connectivity index (χ0v) is 14.0. The number of carbonyl (C=O) groups is 2. The highest BCUT2D eigenvalue weighted by molar-refractivity contribution is 5.84. The molecule has 5 heteroatoms. The first-order valence-electron chi connectivity index (χ1n) is 8.74. The first-order valence-corrected chi connectivity index (χ1v) is 8.74. The summed E-state index contributed by atoms with van der Waals surface area (Å²) in [5.41, 5.74) is 0. The van der Waals surface area contributed by atoms with Crippen LogP contribution in [0.3, 0.4) is 0 Å². The third-order valence-corrected chi connectivity index (χ3v) is 4.55. The normalized spacial score (nSPS) is 26.0. The highest BCUT2D eigenvalue weighted by atomic mass is 16.4. The van der Waals surface area contributed by atoms with Crippen molar-refractivity contribution in [3.8, 4) is 0 Å². The van der Waals surface area contributed by atoms with Gasteiger partial charge in [-0.1, -0.05) is 44.8 Å². The minimum Gasteiger partial charge on any atom is -0.481 e. The second-order valence-corrected chi connectivity index (χ2v) is 6.51. The zero-order chi connectivity index (χ0) is 17.2. The van der Waals surface area contributed by atoms with Gasteiger partial charge in [-0.25, -0.2) is 0 Å². The molecule has 0 aliphatic heterocycles. The third kappa shape index (κ3) is 7.27. The Morgan fingerprint density at radius 3 is 2.70 bits per heavy atom. The molecule has 132 valence electrons. The number of hydrogen-bond acceptors (Lipinski definition) is 4. The van der Waals surface area contributed by atoms with Gasteiger partial charge >= 0.3 is 5.97 Å². The topological polar surface area (TPSA) is 94.8 Å². The molecule has 1 fully saturated rings. The standard InChI is InChI=1S/C18H30O5/c1-2-3-4-7-13(19)10-11-15-14(16(20)12-17(15)21)8-5-6-9-18(22)23/h10-11,13-15,17,19,21H,2-9,12H2,1H3,(H,22,23)/b11-10+/t13-,14-,15+,17-/m0/s1. The Balaban J connectivity index is 2.48. The molecule has 4 atom stereocenters. The van der Waals surface area contributed by atoms with Gasteiger partial charge in [-0.2, -0.15) is 0 Å². The van der Waals surface area contributed by atoms with E-state index < -0.39 is 18.2 Å². The molecule has 0 bridgehead atoms. The van der Waals surface area contributed by atoms with Crippen molar-refractivity contribution in [2.24, 2.45) is 11.8 Å². The van der Waals surface area contributed by atoms with Crippen molar-refractivity contribution in [2.45, 2.75) is 76.9 Å². The number of aliphatic hydroxyl groups excluding tert-OH is 2. The largest absolute Gasteiger partial charge is 0.481 e. The van der Waals surface area contributed by atoms with Gasteiger partial charge in [-0.15, -0.1) is 0 Å². The SMILES string of the molecule is CCCCC[C@H](O)/C=C/[C@@H]1[C@H](CCCCC(=O)O)C(=O)C[C@@H]1O. The Morgan fingerprint density at radius 2 is 2.04 bits per heavy atom. The predicted octanol–water partition coefficient (Wildman–Crippen LogP) is 2.69. The van der Waals surface area contributed by atoms with E-state index in [1.165, 1.54) is 0 Å². The Hall–Kier alpha value is -1.20. The van der Waals surface area contributed by atoms with Crippen LogP contribution in [0.5, 0.6) is 0 Å². The highest BCUT2D eigenvalue weighted by Gasteiger charge is 2.39. The van der Waals surface area contributed by atoms with Gasteiger partial charge in [0.15, 0.2) is 0 Å². The van der Waals surface area contributed by atoms with Gasteiger partial charge in [0.25, 0.3) is 0 Å². The lowest BCUT2D eigenvalue weighted by molar-refractivity contribution is -0.137. The summed E-state index contributed by atoms with van der Waals surface area (Å²) in [5.74, 6) is -1.29. The van der Waals surface area contributed by atoms with Crippen molar-refractivity contribution in [2.75, 3.05) is 0 Å². The number of aliphatic carboxylic acids is 1. The summed E-state index contributed by atoms with van der Waals surface area (Å²) in [6, 6.07) is 0. The van der Waals surface area contributed by atoms with Crippen LogP contribution in [0, 0.1) is 11.8 Å². The molecule has 0 aromatic carbocycles. The number of Topliss-reactive ketones (excluding diaryl/α,β-unsaturated/α-hetero) is 1. The number of carbonyl (C=O) groups excluding carboxylic acids is 1. The van der Waals surface area contributed by atoms with E-state index in [9.17, 15) is 19.8 Å². The van der Waals surface area contributed by atoms with Crippen LogP contribution in [0.15, 0.2) is 12.2 Å². The summed E-state index contributed by atoms with van der Waals surface area (Å²) in [6.45, 7) is 2.11. The van der Waals surface area contributed by atoms with Crippen LogP contribution in [0.4, 0.5) is 0 Å². The average molecular weight is 326 g/mol. The van der Waals surface area contributed by atoms with Gasteiger partial charge in [0, 0.05) is 24.7 Å². The van der Waals surface area contributed by atoms with Crippen LogP contribution in [-0.2, 0) is 9.59 Å². The number of rotatable bonds is 11. The van der Waals surface area contributed by atoms with Gasteiger partial charge in [0.2, 0.25) is 0 Å². The summed E-state index contributed by atoms with van der Waals surface area (Å²) in [7, 11) is 0. The van der Waals surface area contributed by atoms with Gasteiger partial charge < -0.3 is 15.3 Å². The average Bonchev–Trinajstić information content (AvgIpc) is 2.75. The maximum atomic E-state index is 12.0. The molecule has 23 heavy (non-hydrogen) atoms. The van der Waals surface area contributed by atoms with E-state index in [2.05, 4.69) is 6.92 Å². The number of carboxylic acids is 1. The van der Waals surface area contributed by atoms with E-state index in [1.54, 1.807) is 12.2 Å². The fourth-order valence-corrected chi connectivity index (χ4v) is 3.19. The van der Waals surface area contributed by atoms with Crippen LogP contribution in [0.25, 0.3) is 0 Å². The molecule has 0 aromatic rings. The van der Waals surface area contributed by atoms with E-state index >= 15 is 0 Å². The minimum absolute atomic E-state index is 0.0444. The lowest BCUT2D eigenvalue weighted by Crippen LogP contribution is -2.19. The van der Waals surface area contributed by atoms with Crippen molar-refractivity contribution >= 4 is 11.8 Å². The molecule has 0 radical (unpaired) electrons. The first-order chi connectivity index (χ1) is 11.0. The van der Waals surface area contributed by atoms with Crippen molar-refractivity contribution in [1.82, 2.24) is 0 Å². The van der Waals surface area contributed by atoms with Gasteiger partial charge in [-0.3, -0.25) is 9.59 Å². The highest BCUT2D eigenvalue weighted by Crippen LogP contribution is 2.34. The Morgan fingerprint density at radius 1 is 1.30 bits per heavy atom. The third-order valence-electron chi connectivity index (χ3n) is 4.55. The first kappa shape index (κ1) is 19.8. The maximum Gasteiger partial charge on any atom is 0.303 e. The number of ketones is 1. The molecule has 1 saturated carbocycles. The van der Waals surface area contributed by atoms with Crippen molar-refractivity contribution in [1.29, 1.82) is 0 Å². The van der Waals surface area contributed by atoms with Crippen LogP contribution in [-0.4, -0.2) is 39.3 Å². The molecular formula is C18H30O5. The van der Waals surface area contributed by atoms with E-state index in [0.717, 1.165) is 19.3 Å². The molecule has 1 aliphatic carbocycles. The zero-order valence-electron chi connectivity index (χ0n) is 14.0. The summed E-state index contributed by atoms with van der Waals surface area (Å²) < 4.78 is 0. The summed E-state index contributed by atoms with van der Waals surface area (Å²) in [5, 5.41) is 28.6. The lowest BCUT2D eigenvalue weighted by Gasteiger charge is -2.18. The van der Waals surface area contributed by atoms with Crippen LogP contribution in [0.2, 0.25) is 0 Å². The van der Waals surface area contributed by atoms with Crippen molar-refractivity contribution < 1.29 is 24.9 Å². The Labute approximate surface area is 138 Å². The molecule has 1 rings (SSSR count). The lowest BCUT2D eigenvalue weighted by atomic mass is 9.88. The molecular weight excluding hydrogens is 296 g/mol. The predicted molar refractivity (Wildman–Crippen MR) is 88.0 cm³/mol. The molecule has 1 aliphatic rings. The number of unbranched alkanes of at least 4 members (excludes halogenated alkanes) is 3. The second-order valence-electron chi connectivity index (χ2n) is 6.51. The van der Waals surface area contributed by atoms with Crippen molar-refractivity contribution in [3.05, 3.63) is 12.2 Å². The summed E-state index contributed by atoms with van der Waals surface area (Å²) in [4.78, 5) is 22.5. The number of carboxylic acid groups (broad SMARTS) is 1. The molecule has 0 amide bonds. The molecule has 0 aromatic heterocycles. The number of aliphatic hydroxyl groups is 2. The quantitative estimate of drug-likeness (QED) is 0.401. The molecule has 0 saturated heterocycles. The molecule has 3 N–H and O–H groups in total. The number of hydrogen-bond donors (Lipinski definition) is 3. The molecule has 5 nitrogen and oxygen atoms in total. The smallest absolute Gasteiger partial charge is 0.303 e. The molecule has 0 heterocycles. The molecule has 0 unspecified atom stereocenters. The van der Waals surface area contributed by atoms with E-state index in [0.29, 0.717) is 25.7 Å². The minimum atomic E-state index is -0.825. The van der Waals surface area contributed by atoms with Crippen LogP contribution < -0.4 is 0 Å². The molecule has 0 spiro atoms. The second kappa shape index (κ2) is 10.6. The fraction of sp³-hybridized carbons (Fsp3) is 0.778. The van der Waals surface area contributed by atoms with Gasteiger partial charge in [0.1, 0.15) is 5.78 Å². The van der Waals surface area contributed by atoms with E-state index in [4.69, 9.17) is 5.11 Å². The fourth-order valence-electron chi connectivity index (χ4n) is 3.19. The van der Waals surface area contributed by atoms with Crippen LogP contribution >= 0.6 is 0 Å². The Bertz CT molecular complexity index is 404. The van der Waals surface area contributed by atoms with Gasteiger partial charge in [-0.05, 0) is 19.3 Å². The Kier molecular flexibility index (Phi) is 9.10. The van der Waals surface area contributed by atoms with Crippen molar-refractivity contribution in [3.63, 3.8) is 0 Å². The van der Waals surface area contributed by atoms with Gasteiger partial charge in [0.05, 0.1) is 12.2 Å². The maximum absolute atomic E-state index is 12.0. The van der Waals surface area contributed by atoms with Crippen LogP contribution in [0.1, 0.15) is 64.7 Å². The summed E-state index contributed by atoms with van der Waals surface area (Å²) in [6.07, 6.45) is 8.20. The monoisotopic (exact) mass is 326 g/mol.